The molecule has 0 aliphatic rings. The number of carbonyl (C=O) groups is 1. The molecule has 2 aromatic carbocycles. The molecule has 4 aromatic rings. The van der Waals surface area contributed by atoms with Crippen LogP contribution in [0.5, 0.6) is 0 Å². The summed E-state index contributed by atoms with van der Waals surface area (Å²) in [5.41, 5.74) is 1.73. The summed E-state index contributed by atoms with van der Waals surface area (Å²) in [5, 5.41) is 1.20. The lowest BCUT2D eigenvalue weighted by atomic mass is 10.2. The van der Waals surface area contributed by atoms with Gasteiger partial charge < -0.3 is 0 Å². The highest BCUT2D eigenvalue weighted by Crippen LogP contribution is 2.35. The van der Waals surface area contributed by atoms with Gasteiger partial charge in [-0.3, -0.25) is 9.69 Å². The van der Waals surface area contributed by atoms with Gasteiger partial charge in [-0.15, -0.1) is 11.3 Å². The number of fused-ring (bicyclic) bond motifs is 1. The van der Waals surface area contributed by atoms with E-state index in [0.717, 1.165) is 10.3 Å². The first-order valence-corrected chi connectivity index (χ1v) is 10.2. The molecule has 0 aliphatic heterocycles. The number of para-hydroxylation sites is 1. The summed E-state index contributed by atoms with van der Waals surface area (Å²) >= 11 is 15.0. The van der Waals surface area contributed by atoms with E-state index in [0.29, 0.717) is 31.4 Å². The molecular formula is C19H12Cl2N2OS2. The lowest BCUT2D eigenvalue weighted by Crippen LogP contribution is -2.29. The zero-order valence-electron chi connectivity index (χ0n) is 13.4. The molecule has 1 amide bonds. The predicted molar refractivity (Wildman–Crippen MR) is 111 cm³/mol. The molecule has 0 saturated heterocycles. The molecule has 3 nitrogen and oxygen atoms in total. The molecule has 130 valence electrons. The van der Waals surface area contributed by atoms with Crippen LogP contribution in [0.1, 0.15) is 15.2 Å². The quantitative estimate of drug-likeness (QED) is 0.378. The topological polar surface area (TPSA) is 33.2 Å². The molecule has 0 aliphatic carbocycles. The fraction of sp³-hybridized carbons (Fsp3) is 0.0526. The van der Waals surface area contributed by atoms with Crippen molar-refractivity contribution in [2.45, 2.75) is 6.54 Å². The number of anilines is 1. The molecule has 0 N–H and O–H groups in total. The van der Waals surface area contributed by atoms with Crippen LogP contribution >= 0.6 is 45.9 Å². The maximum absolute atomic E-state index is 13.1. The Morgan fingerprint density at radius 3 is 2.46 bits per heavy atom. The number of thiophene rings is 1. The largest absolute Gasteiger partial charge is 0.279 e. The summed E-state index contributed by atoms with van der Waals surface area (Å²) in [6, 6.07) is 18.9. The van der Waals surface area contributed by atoms with E-state index in [-0.39, 0.29) is 5.91 Å². The van der Waals surface area contributed by atoms with Crippen LogP contribution in [0, 0.1) is 0 Å². The van der Waals surface area contributed by atoms with E-state index in [1.165, 1.54) is 22.7 Å². The van der Waals surface area contributed by atoms with Gasteiger partial charge in [-0.2, -0.15) is 0 Å². The monoisotopic (exact) mass is 418 g/mol. The number of halogens is 2. The molecule has 0 bridgehead atoms. The van der Waals surface area contributed by atoms with Crippen molar-refractivity contribution in [3.05, 3.63) is 80.5 Å². The summed E-state index contributed by atoms with van der Waals surface area (Å²) in [5.74, 6) is -0.124. The number of benzene rings is 2. The molecular weight excluding hydrogens is 407 g/mol. The van der Waals surface area contributed by atoms with Gasteiger partial charge in [0.25, 0.3) is 5.91 Å². The second-order valence-corrected chi connectivity index (χ2v) is 8.70. The van der Waals surface area contributed by atoms with Gasteiger partial charge in [0, 0.05) is 0 Å². The van der Waals surface area contributed by atoms with E-state index in [9.17, 15) is 4.79 Å². The third kappa shape index (κ3) is 3.48. The first-order chi connectivity index (χ1) is 12.6. The average molecular weight is 419 g/mol. The number of aromatic nitrogens is 1. The Balaban J connectivity index is 1.78. The Bertz CT molecular complexity index is 1080. The average Bonchev–Trinajstić information content (AvgIpc) is 3.27. The lowest BCUT2D eigenvalue weighted by molar-refractivity contribution is 0.0989. The fourth-order valence-corrected chi connectivity index (χ4v) is 4.83. The van der Waals surface area contributed by atoms with Crippen molar-refractivity contribution in [3.63, 3.8) is 0 Å². The van der Waals surface area contributed by atoms with E-state index < -0.39 is 0 Å². The molecule has 7 heteroatoms. The van der Waals surface area contributed by atoms with Crippen LogP contribution in [0.2, 0.25) is 9.36 Å². The van der Waals surface area contributed by atoms with Gasteiger partial charge >= 0.3 is 0 Å². The first-order valence-electron chi connectivity index (χ1n) is 7.78. The number of hydrogen-bond acceptors (Lipinski definition) is 4. The Kier molecular flexibility index (Phi) is 4.96. The zero-order chi connectivity index (χ0) is 18.1. The maximum Gasteiger partial charge on any atom is 0.270 e. The Morgan fingerprint density at radius 2 is 1.77 bits per heavy atom. The summed E-state index contributed by atoms with van der Waals surface area (Å²) in [6.07, 6.45) is 0. The van der Waals surface area contributed by atoms with Crippen molar-refractivity contribution in [1.29, 1.82) is 0 Å². The van der Waals surface area contributed by atoms with E-state index in [4.69, 9.17) is 23.2 Å². The molecule has 0 fully saturated rings. The third-order valence-corrected chi connectivity index (χ3v) is 6.37. The highest BCUT2D eigenvalue weighted by Gasteiger charge is 2.23. The number of nitrogens with zero attached hydrogens (tertiary/aromatic N) is 2. The van der Waals surface area contributed by atoms with Crippen LogP contribution in [0.15, 0.2) is 60.7 Å². The van der Waals surface area contributed by atoms with Crippen LogP contribution in [0.25, 0.3) is 10.2 Å². The SMILES string of the molecule is O=C(c1ccc(Cl)s1)N(Cc1ccccc1)c1nc2c(Cl)cccc2s1. The normalized spacial score (nSPS) is 11.0. The fourth-order valence-electron chi connectivity index (χ4n) is 2.57. The van der Waals surface area contributed by atoms with Crippen LogP contribution in [0.3, 0.4) is 0 Å². The molecule has 0 spiro atoms. The van der Waals surface area contributed by atoms with E-state index in [2.05, 4.69) is 4.98 Å². The Labute approximate surface area is 168 Å². The van der Waals surface area contributed by atoms with Crippen LogP contribution < -0.4 is 4.90 Å². The van der Waals surface area contributed by atoms with Crippen molar-refractivity contribution in [1.82, 2.24) is 4.98 Å². The van der Waals surface area contributed by atoms with Gasteiger partial charge in [0.1, 0.15) is 5.52 Å². The lowest BCUT2D eigenvalue weighted by Gasteiger charge is -2.19. The van der Waals surface area contributed by atoms with Gasteiger partial charge in [-0.25, -0.2) is 4.98 Å². The van der Waals surface area contributed by atoms with Crippen LogP contribution in [-0.2, 0) is 6.54 Å². The zero-order valence-corrected chi connectivity index (χ0v) is 16.5. The van der Waals surface area contributed by atoms with Gasteiger partial charge in [-0.1, -0.05) is 70.9 Å². The van der Waals surface area contributed by atoms with E-state index in [1.807, 2.05) is 42.5 Å². The Hall–Kier alpha value is -1.92. The van der Waals surface area contributed by atoms with Gasteiger partial charge in [-0.05, 0) is 29.8 Å². The molecule has 26 heavy (non-hydrogen) atoms. The predicted octanol–water partition coefficient (Wildman–Crippen LogP) is 6.51. The van der Waals surface area contributed by atoms with Crippen molar-refractivity contribution in [2.75, 3.05) is 4.90 Å². The minimum atomic E-state index is -0.124. The summed E-state index contributed by atoms with van der Waals surface area (Å²) < 4.78 is 1.53. The van der Waals surface area contributed by atoms with Crippen molar-refractivity contribution >= 4 is 67.1 Å². The van der Waals surface area contributed by atoms with Crippen LogP contribution in [-0.4, -0.2) is 10.9 Å². The van der Waals surface area contributed by atoms with Gasteiger partial charge in [0.05, 0.1) is 25.5 Å². The number of carbonyl (C=O) groups excluding carboxylic acids is 1. The smallest absolute Gasteiger partial charge is 0.270 e. The minimum absolute atomic E-state index is 0.124. The second-order valence-electron chi connectivity index (χ2n) is 5.56. The van der Waals surface area contributed by atoms with E-state index in [1.54, 1.807) is 23.1 Å². The maximum atomic E-state index is 13.1. The second kappa shape index (κ2) is 7.37. The van der Waals surface area contributed by atoms with Gasteiger partial charge in [0.2, 0.25) is 0 Å². The van der Waals surface area contributed by atoms with E-state index >= 15 is 0 Å². The highest BCUT2D eigenvalue weighted by atomic mass is 35.5. The van der Waals surface area contributed by atoms with Crippen molar-refractivity contribution < 1.29 is 4.79 Å². The molecule has 2 heterocycles. The number of rotatable bonds is 4. The summed E-state index contributed by atoms with van der Waals surface area (Å²) in [7, 11) is 0. The number of thiazole rings is 1. The third-order valence-electron chi connectivity index (χ3n) is 3.80. The first kappa shape index (κ1) is 17.5. The number of amides is 1. The molecule has 2 aromatic heterocycles. The summed E-state index contributed by atoms with van der Waals surface area (Å²) in [6.45, 7) is 0.423. The van der Waals surface area contributed by atoms with Gasteiger partial charge in [0.15, 0.2) is 5.13 Å². The summed E-state index contributed by atoms with van der Waals surface area (Å²) in [4.78, 5) is 20.0. The molecule has 0 atom stereocenters. The standard InChI is InChI=1S/C19H12Cl2N2OS2/c20-13-7-4-8-14-17(13)22-19(26-14)23(11-12-5-2-1-3-6-12)18(24)15-9-10-16(21)25-15/h1-10H,11H2. The highest BCUT2D eigenvalue weighted by molar-refractivity contribution is 7.22. The minimum Gasteiger partial charge on any atom is -0.279 e. The molecule has 0 unspecified atom stereocenters. The molecule has 4 rings (SSSR count). The van der Waals surface area contributed by atoms with Crippen molar-refractivity contribution in [2.24, 2.45) is 0 Å². The molecule has 0 radical (unpaired) electrons. The number of hydrogen-bond donors (Lipinski definition) is 0. The molecule has 0 saturated carbocycles. The van der Waals surface area contributed by atoms with Crippen molar-refractivity contribution in [3.8, 4) is 0 Å². The Morgan fingerprint density at radius 1 is 0.962 bits per heavy atom. The van der Waals surface area contributed by atoms with Crippen LogP contribution in [0.4, 0.5) is 5.13 Å².